The first-order valence-corrected chi connectivity index (χ1v) is 5.24. The Hall–Kier alpha value is -2.08. The number of hydrogen-bond donors (Lipinski definition) is 1. The van der Waals surface area contributed by atoms with Gasteiger partial charge in [0.05, 0.1) is 6.54 Å². The van der Waals surface area contributed by atoms with Crippen LogP contribution in [0.2, 0.25) is 0 Å². The lowest BCUT2D eigenvalue weighted by Crippen LogP contribution is -2.06. The van der Waals surface area contributed by atoms with Crippen molar-refractivity contribution in [2.75, 3.05) is 13.8 Å². The lowest BCUT2D eigenvalue weighted by atomic mass is 10.2. The van der Waals surface area contributed by atoms with Gasteiger partial charge in [-0.2, -0.15) is 4.98 Å². The molecule has 0 radical (unpaired) electrons. The number of benzene rings is 1. The van der Waals surface area contributed by atoms with Crippen molar-refractivity contribution >= 4 is 0 Å². The van der Waals surface area contributed by atoms with E-state index in [0.717, 1.165) is 11.3 Å². The molecule has 0 atom stereocenters. The number of aromatic nitrogens is 2. The zero-order valence-electron chi connectivity index (χ0n) is 9.27. The van der Waals surface area contributed by atoms with Crippen LogP contribution in [-0.4, -0.2) is 24.0 Å². The van der Waals surface area contributed by atoms with Crippen molar-refractivity contribution in [1.82, 2.24) is 15.5 Å². The van der Waals surface area contributed by atoms with E-state index in [-0.39, 0.29) is 6.79 Å². The van der Waals surface area contributed by atoms with Gasteiger partial charge < -0.3 is 19.3 Å². The zero-order chi connectivity index (χ0) is 11.7. The molecular weight excluding hydrogens is 222 g/mol. The maximum Gasteiger partial charge on any atom is 0.258 e. The number of nitrogens with one attached hydrogen (secondary N) is 1. The van der Waals surface area contributed by atoms with Gasteiger partial charge in [-0.3, -0.25) is 0 Å². The van der Waals surface area contributed by atoms with Gasteiger partial charge in [0.2, 0.25) is 6.79 Å². The molecule has 0 bridgehead atoms. The fourth-order valence-electron chi connectivity index (χ4n) is 1.63. The molecule has 1 aromatic carbocycles. The van der Waals surface area contributed by atoms with Crippen molar-refractivity contribution in [3.8, 4) is 23.0 Å². The van der Waals surface area contributed by atoms with Crippen LogP contribution in [0, 0.1) is 0 Å². The van der Waals surface area contributed by atoms with E-state index < -0.39 is 0 Å². The van der Waals surface area contributed by atoms with Gasteiger partial charge in [-0.05, 0) is 25.2 Å². The number of hydrogen-bond acceptors (Lipinski definition) is 6. The van der Waals surface area contributed by atoms with E-state index in [1.54, 1.807) is 0 Å². The molecule has 0 fully saturated rings. The Morgan fingerprint density at radius 2 is 2.18 bits per heavy atom. The van der Waals surface area contributed by atoms with Crippen LogP contribution in [0.25, 0.3) is 11.5 Å². The van der Waals surface area contributed by atoms with Crippen LogP contribution >= 0.6 is 0 Å². The Morgan fingerprint density at radius 3 is 3.06 bits per heavy atom. The second-order valence-electron chi connectivity index (χ2n) is 3.61. The molecule has 0 saturated carbocycles. The zero-order valence-corrected chi connectivity index (χ0v) is 9.27. The molecule has 0 amide bonds. The summed E-state index contributed by atoms with van der Waals surface area (Å²) < 4.78 is 15.7. The molecule has 2 aromatic rings. The third kappa shape index (κ3) is 1.83. The summed E-state index contributed by atoms with van der Waals surface area (Å²) in [6.45, 7) is 0.835. The number of ether oxygens (including phenoxy) is 2. The maximum atomic E-state index is 5.29. The Bertz CT molecular complexity index is 539. The maximum absolute atomic E-state index is 5.29. The predicted molar refractivity (Wildman–Crippen MR) is 58.6 cm³/mol. The van der Waals surface area contributed by atoms with E-state index >= 15 is 0 Å². The molecule has 1 N–H and O–H groups in total. The summed E-state index contributed by atoms with van der Waals surface area (Å²) in [6.07, 6.45) is 0. The van der Waals surface area contributed by atoms with Crippen molar-refractivity contribution in [2.45, 2.75) is 6.54 Å². The topological polar surface area (TPSA) is 69.4 Å². The summed E-state index contributed by atoms with van der Waals surface area (Å²) in [7, 11) is 1.83. The Kier molecular flexibility index (Phi) is 2.41. The summed E-state index contributed by atoms with van der Waals surface area (Å²) >= 11 is 0. The van der Waals surface area contributed by atoms with Crippen LogP contribution in [0.15, 0.2) is 22.7 Å². The number of fused-ring (bicyclic) bond motifs is 1. The molecule has 88 valence electrons. The van der Waals surface area contributed by atoms with Crippen molar-refractivity contribution in [3.63, 3.8) is 0 Å². The molecule has 1 aromatic heterocycles. The van der Waals surface area contributed by atoms with Gasteiger partial charge >= 0.3 is 0 Å². The average Bonchev–Trinajstić information content (AvgIpc) is 2.96. The minimum Gasteiger partial charge on any atom is -0.454 e. The van der Waals surface area contributed by atoms with Crippen molar-refractivity contribution < 1.29 is 14.0 Å². The van der Waals surface area contributed by atoms with E-state index in [9.17, 15) is 0 Å². The first-order valence-electron chi connectivity index (χ1n) is 5.24. The number of rotatable bonds is 3. The SMILES string of the molecule is CNCc1noc(-c2ccc3c(c2)OCO3)n1. The van der Waals surface area contributed by atoms with Gasteiger partial charge in [-0.1, -0.05) is 5.16 Å². The second-order valence-corrected chi connectivity index (χ2v) is 3.61. The smallest absolute Gasteiger partial charge is 0.258 e. The monoisotopic (exact) mass is 233 g/mol. The molecule has 0 spiro atoms. The van der Waals surface area contributed by atoms with Crippen LogP contribution in [0.1, 0.15) is 5.82 Å². The van der Waals surface area contributed by atoms with E-state index in [2.05, 4.69) is 15.5 Å². The quantitative estimate of drug-likeness (QED) is 0.858. The fraction of sp³-hybridized carbons (Fsp3) is 0.273. The molecule has 3 rings (SSSR count). The molecule has 6 heteroatoms. The third-order valence-corrected chi connectivity index (χ3v) is 2.42. The Balaban J connectivity index is 1.92. The van der Waals surface area contributed by atoms with Gasteiger partial charge in [-0.15, -0.1) is 0 Å². The third-order valence-electron chi connectivity index (χ3n) is 2.42. The van der Waals surface area contributed by atoms with Crippen LogP contribution in [0.3, 0.4) is 0 Å². The summed E-state index contributed by atoms with van der Waals surface area (Å²) in [4.78, 5) is 4.26. The van der Waals surface area contributed by atoms with Crippen molar-refractivity contribution in [2.24, 2.45) is 0 Å². The minimum atomic E-state index is 0.258. The van der Waals surface area contributed by atoms with Crippen LogP contribution in [0.4, 0.5) is 0 Å². The predicted octanol–water partition coefficient (Wildman–Crippen LogP) is 1.18. The van der Waals surface area contributed by atoms with Gasteiger partial charge in [-0.25, -0.2) is 0 Å². The Labute approximate surface area is 97.5 Å². The molecular formula is C11H11N3O3. The van der Waals surface area contributed by atoms with Crippen LogP contribution in [-0.2, 0) is 6.54 Å². The summed E-state index contributed by atoms with van der Waals surface area (Å²) in [6, 6.07) is 5.53. The highest BCUT2D eigenvalue weighted by molar-refractivity contribution is 5.60. The summed E-state index contributed by atoms with van der Waals surface area (Å²) in [5.74, 6) is 2.55. The number of nitrogens with zero attached hydrogens (tertiary/aromatic N) is 2. The Morgan fingerprint density at radius 1 is 1.29 bits per heavy atom. The fourth-order valence-corrected chi connectivity index (χ4v) is 1.63. The molecule has 17 heavy (non-hydrogen) atoms. The molecule has 6 nitrogen and oxygen atoms in total. The van der Waals surface area contributed by atoms with Gasteiger partial charge in [0, 0.05) is 5.56 Å². The van der Waals surface area contributed by atoms with Crippen molar-refractivity contribution in [3.05, 3.63) is 24.0 Å². The standard InChI is InChI=1S/C11H11N3O3/c1-12-5-10-13-11(17-14-10)7-2-3-8-9(4-7)16-6-15-8/h2-4,12H,5-6H2,1H3. The molecule has 1 aliphatic rings. The molecule has 0 aliphatic carbocycles. The largest absolute Gasteiger partial charge is 0.454 e. The van der Waals surface area contributed by atoms with Gasteiger partial charge in [0.1, 0.15) is 0 Å². The second kappa shape index (κ2) is 4.06. The molecule has 2 heterocycles. The van der Waals surface area contributed by atoms with Gasteiger partial charge in [0.25, 0.3) is 5.89 Å². The summed E-state index contributed by atoms with van der Waals surface area (Å²) in [5.41, 5.74) is 0.823. The summed E-state index contributed by atoms with van der Waals surface area (Å²) in [5, 5.41) is 6.82. The highest BCUT2D eigenvalue weighted by Gasteiger charge is 2.16. The first kappa shape index (κ1) is 10.1. The van der Waals surface area contributed by atoms with Gasteiger partial charge in [0.15, 0.2) is 17.3 Å². The molecule has 0 unspecified atom stereocenters. The lowest BCUT2D eigenvalue weighted by molar-refractivity contribution is 0.174. The lowest BCUT2D eigenvalue weighted by Gasteiger charge is -1.97. The normalized spacial score (nSPS) is 13.0. The van der Waals surface area contributed by atoms with Crippen molar-refractivity contribution in [1.29, 1.82) is 0 Å². The van der Waals surface area contributed by atoms with E-state index in [1.165, 1.54) is 0 Å². The first-order chi connectivity index (χ1) is 8.36. The van der Waals surface area contributed by atoms with E-state index in [1.807, 2.05) is 25.2 Å². The highest BCUT2D eigenvalue weighted by atomic mass is 16.7. The van der Waals surface area contributed by atoms with Crippen LogP contribution < -0.4 is 14.8 Å². The minimum absolute atomic E-state index is 0.258. The average molecular weight is 233 g/mol. The molecule has 1 aliphatic heterocycles. The highest BCUT2D eigenvalue weighted by Crippen LogP contribution is 2.35. The van der Waals surface area contributed by atoms with E-state index in [4.69, 9.17) is 14.0 Å². The molecule has 0 saturated heterocycles. The van der Waals surface area contributed by atoms with Crippen LogP contribution in [0.5, 0.6) is 11.5 Å². The van der Waals surface area contributed by atoms with E-state index in [0.29, 0.717) is 24.0 Å².